The molecule has 1 saturated heterocycles. The third-order valence-corrected chi connectivity index (χ3v) is 6.16. The number of aryl methyl sites for hydroxylation is 2. The molecule has 1 fully saturated rings. The van der Waals surface area contributed by atoms with Crippen LogP contribution in [0.25, 0.3) is 0 Å². The van der Waals surface area contributed by atoms with Crippen molar-refractivity contribution in [3.63, 3.8) is 0 Å². The Morgan fingerprint density at radius 1 is 1.03 bits per heavy atom. The Labute approximate surface area is 192 Å². The van der Waals surface area contributed by atoms with Crippen molar-refractivity contribution in [1.29, 1.82) is 0 Å². The van der Waals surface area contributed by atoms with Gasteiger partial charge in [0.05, 0.1) is 0 Å². The number of piperidine rings is 1. The Kier molecular flexibility index (Phi) is 8.32. The van der Waals surface area contributed by atoms with E-state index in [1.165, 1.54) is 11.1 Å². The molecule has 0 spiro atoms. The third-order valence-electron chi connectivity index (χ3n) is 6.16. The molecule has 0 aliphatic carbocycles. The second-order valence-corrected chi connectivity index (χ2v) is 9.10. The van der Waals surface area contributed by atoms with Gasteiger partial charge in [-0.1, -0.05) is 61.9 Å². The van der Waals surface area contributed by atoms with E-state index in [0.29, 0.717) is 25.4 Å². The molecule has 2 amide bonds. The molecular formula is C27H36N2O3. The molecule has 1 unspecified atom stereocenters. The number of amides is 2. The molecule has 0 bridgehead atoms. The summed E-state index contributed by atoms with van der Waals surface area (Å²) in [6.07, 6.45) is 2.28. The highest BCUT2D eigenvalue weighted by molar-refractivity contribution is 5.81. The first-order chi connectivity index (χ1) is 15.3. The summed E-state index contributed by atoms with van der Waals surface area (Å²) in [5.41, 5.74) is 3.52. The third kappa shape index (κ3) is 6.59. The minimum absolute atomic E-state index is 0.0787. The highest BCUT2D eigenvalue weighted by atomic mass is 16.5. The smallest absolute Gasteiger partial charge is 0.260 e. The van der Waals surface area contributed by atoms with Gasteiger partial charge in [0.25, 0.3) is 5.91 Å². The van der Waals surface area contributed by atoms with Crippen LogP contribution in [-0.2, 0) is 16.0 Å². The molecule has 32 heavy (non-hydrogen) atoms. The predicted octanol–water partition coefficient (Wildman–Crippen LogP) is 4.63. The average Bonchev–Trinajstić information content (AvgIpc) is 2.79. The van der Waals surface area contributed by atoms with E-state index < -0.39 is 6.10 Å². The quantitative estimate of drug-likeness (QED) is 0.657. The molecule has 1 aliphatic heterocycles. The molecule has 2 aromatic rings. The number of ether oxygens (including phenoxy) is 1. The Morgan fingerprint density at radius 3 is 2.34 bits per heavy atom. The van der Waals surface area contributed by atoms with Crippen molar-refractivity contribution in [3.8, 4) is 5.75 Å². The number of nitrogens with zero attached hydrogens (tertiary/aromatic N) is 1. The number of hydrogen-bond donors (Lipinski definition) is 1. The fourth-order valence-corrected chi connectivity index (χ4v) is 4.06. The number of carbonyl (C=O) groups excluding carboxylic acids is 2. The van der Waals surface area contributed by atoms with E-state index in [9.17, 15) is 9.59 Å². The predicted molar refractivity (Wildman–Crippen MR) is 128 cm³/mol. The Bertz CT molecular complexity index is 899. The van der Waals surface area contributed by atoms with E-state index >= 15 is 0 Å². The Hall–Kier alpha value is -2.82. The van der Waals surface area contributed by atoms with Crippen molar-refractivity contribution >= 4 is 11.8 Å². The molecule has 1 N–H and O–H groups in total. The van der Waals surface area contributed by atoms with Crippen molar-refractivity contribution in [2.24, 2.45) is 0 Å². The van der Waals surface area contributed by atoms with Gasteiger partial charge >= 0.3 is 0 Å². The van der Waals surface area contributed by atoms with Crippen LogP contribution >= 0.6 is 0 Å². The largest absolute Gasteiger partial charge is 0.481 e. The minimum Gasteiger partial charge on any atom is -0.481 e. The van der Waals surface area contributed by atoms with E-state index in [0.717, 1.165) is 30.6 Å². The molecule has 1 heterocycles. The average molecular weight is 437 g/mol. The molecule has 1 atom stereocenters. The summed E-state index contributed by atoms with van der Waals surface area (Å²) in [6.45, 7) is 9.45. The van der Waals surface area contributed by atoms with E-state index in [-0.39, 0.29) is 17.9 Å². The second-order valence-electron chi connectivity index (χ2n) is 9.10. The van der Waals surface area contributed by atoms with Gasteiger partial charge in [-0.3, -0.25) is 9.59 Å². The lowest BCUT2D eigenvalue weighted by molar-refractivity contribution is -0.132. The molecule has 5 heteroatoms. The van der Waals surface area contributed by atoms with Gasteiger partial charge in [0.1, 0.15) is 5.75 Å². The maximum atomic E-state index is 12.7. The zero-order valence-corrected chi connectivity index (χ0v) is 19.8. The molecule has 1 aliphatic rings. The van der Waals surface area contributed by atoms with Gasteiger partial charge in [-0.15, -0.1) is 0 Å². The number of carbonyl (C=O) groups is 2. The fraction of sp³-hybridized carbons (Fsp3) is 0.481. The summed E-state index contributed by atoms with van der Waals surface area (Å²) >= 11 is 0. The van der Waals surface area contributed by atoms with Gasteiger partial charge in [-0.2, -0.15) is 0 Å². The topological polar surface area (TPSA) is 58.6 Å². The van der Waals surface area contributed by atoms with Crippen molar-refractivity contribution < 1.29 is 14.3 Å². The van der Waals surface area contributed by atoms with Crippen LogP contribution in [0.15, 0.2) is 48.5 Å². The highest BCUT2D eigenvalue weighted by Crippen LogP contribution is 2.26. The summed E-state index contributed by atoms with van der Waals surface area (Å²) in [5.74, 6) is 1.18. The summed E-state index contributed by atoms with van der Waals surface area (Å²) in [4.78, 5) is 27.2. The molecule has 0 radical (unpaired) electrons. The zero-order valence-electron chi connectivity index (χ0n) is 19.8. The SMILES string of the molecule is Cc1ccc(CCC(=O)N2CCC(NC(=O)C(C)Oc3ccccc3C(C)C)CC2)cc1. The maximum absolute atomic E-state index is 12.7. The first kappa shape index (κ1) is 23.8. The second kappa shape index (κ2) is 11.2. The monoisotopic (exact) mass is 436 g/mol. The van der Waals surface area contributed by atoms with Gasteiger partial charge in [0, 0.05) is 25.6 Å². The molecule has 3 rings (SSSR count). The molecule has 0 aromatic heterocycles. The number of nitrogens with one attached hydrogen (secondary N) is 1. The van der Waals surface area contributed by atoms with Crippen LogP contribution in [0.3, 0.4) is 0 Å². The van der Waals surface area contributed by atoms with Gasteiger partial charge in [-0.25, -0.2) is 0 Å². The molecule has 172 valence electrons. The van der Waals surface area contributed by atoms with E-state index in [2.05, 4.69) is 50.4 Å². The van der Waals surface area contributed by atoms with Crippen LogP contribution in [0.4, 0.5) is 0 Å². The van der Waals surface area contributed by atoms with Crippen molar-refractivity contribution in [3.05, 3.63) is 65.2 Å². The van der Waals surface area contributed by atoms with Gasteiger partial charge in [0.2, 0.25) is 5.91 Å². The summed E-state index contributed by atoms with van der Waals surface area (Å²) in [5, 5.41) is 3.11. The number of hydrogen-bond acceptors (Lipinski definition) is 3. The number of para-hydroxylation sites is 1. The van der Waals surface area contributed by atoms with Gasteiger partial charge in [-0.05, 0) is 56.2 Å². The lowest BCUT2D eigenvalue weighted by Gasteiger charge is -2.33. The number of rotatable bonds is 8. The van der Waals surface area contributed by atoms with Crippen molar-refractivity contribution in [2.45, 2.75) is 71.4 Å². The van der Waals surface area contributed by atoms with Gasteiger partial charge in [0.15, 0.2) is 6.10 Å². The lowest BCUT2D eigenvalue weighted by atomic mass is 10.0. The van der Waals surface area contributed by atoms with Crippen LogP contribution in [0.5, 0.6) is 5.75 Å². The van der Waals surface area contributed by atoms with E-state index in [1.807, 2.05) is 29.2 Å². The van der Waals surface area contributed by atoms with Gasteiger partial charge < -0.3 is 15.0 Å². The van der Waals surface area contributed by atoms with Crippen LogP contribution in [-0.4, -0.2) is 41.9 Å². The first-order valence-corrected chi connectivity index (χ1v) is 11.7. The highest BCUT2D eigenvalue weighted by Gasteiger charge is 2.26. The molecular weight excluding hydrogens is 400 g/mol. The molecule has 5 nitrogen and oxygen atoms in total. The van der Waals surface area contributed by atoms with E-state index in [1.54, 1.807) is 6.92 Å². The number of likely N-dealkylation sites (tertiary alicyclic amines) is 1. The fourth-order valence-electron chi connectivity index (χ4n) is 4.06. The molecule has 2 aromatic carbocycles. The Balaban J connectivity index is 1.42. The zero-order chi connectivity index (χ0) is 23.1. The summed E-state index contributed by atoms with van der Waals surface area (Å²) < 4.78 is 5.97. The number of benzene rings is 2. The summed E-state index contributed by atoms with van der Waals surface area (Å²) in [7, 11) is 0. The maximum Gasteiger partial charge on any atom is 0.260 e. The van der Waals surface area contributed by atoms with E-state index in [4.69, 9.17) is 4.74 Å². The lowest BCUT2D eigenvalue weighted by Crippen LogP contribution is -2.49. The summed E-state index contributed by atoms with van der Waals surface area (Å²) in [6, 6.07) is 16.3. The van der Waals surface area contributed by atoms with Crippen LogP contribution in [0.1, 0.15) is 62.6 Å². The van der Waals surface area contributed by atoms with Crippen LogP contribution < -0.4 is 10.1 Å². The standard InChI is InChI=1S/C27H36N2O3/c1-19(2)24-7-5-6-8-25(24)32-21(4)27(31)28-23-15-17-29(18-16-23)26(30)14-13-22-11-9-20(3)10-12-22/h5-12,19,21,23H,13-18H2,1-4H3,(H,28,31). The van der Waals surface area contributed by atoms with Crippen LogP contribution in [0.2, 0.25) is 0 Å². The van der Waals surface area contributed by atoms with Crippen molar-refractivity contribution in [2.75, 3.05) is 13.1 Å². The van der Waals surface area contributed by atoms with Crippen LogP contribution in [0, 0.1) is 6.92 Å². The first-order valence-electron chi connectivity index (χ1n) is 11.7. The molecule has 0 saturated carbocycles. The Morgan fingerprint density at radius 2 is 1.69 bits per heavy atom. The normalized spacial score (nSPS) is 15.5. The van der Waals surface area contributed by atoms with Crippen molar-refractivity contribution in [1.82, 2.24) is 10.2 Å². The minimum atomic E-state index is -0.566.